The Bertz CT molecular complexity index is 990. The number of carbonyl (C=O) groups is 3. The van der Waals surface area contributed by atoms with Crippen molar-refractivity contribution in [2.75, 3.05) is 24.6 Å². The molecule has 0 fully saturated rings. The number of hydrogen-bond donors (Lipinski definition) is 1. The zero-order chi connectivity index (χ0) is 24.0. The quantitative estimate of drug-likeness (QED) is 0.617. The molecule has 2 aromatic carbocycles. The number of ether oxygens (including phenoxy) is 2. The molecule has 1 heterocycles. The molecule has 0 radical (unpaired) electrons. The first kappa shape index (κ1) is 24.8. The van der Waals surface area contributed by atoms with E-state index in [9.17, 15) is 14.4 Å². The summed E-state index contributed by atoms with van der Waals surface area (Å²) >= 11 is 1.52. The third-order valence-electron chi connectivity index (χ3n) is 4.85. The Kier molecular flexibility index (Phi) is 8.15. The van der Waals surface area contributed by atoms with E-state index in [0.29, 0.717) is 5.69 Å². The third kappa shape index (κ3) is 6.58. The molecule has 1 N–H and O–H groups in total. The third-order valence-corrected chi connectivity index (χ3v) is 6.25. The van der Waals surface area contributed by atoms with Gasteiger partial charge >= 0.3 is 11.9 Å². The van der Waals surface area contributed by atoms with Crippen LogP contribution < -0.4 is 10.2 Å². The molecule has 8 heteroatoms. The molecule has 2 atom stereocenters. The Labute approximate surface area is 198 Å². The number of anilines is 1. The van der Waals surface area contributed by atoms with Crippen LogP contribution in [-0.2, 0) is 23.9 Å². The van der Waals surface area contributed by atoms with Crippen LogP contribution >= 0.6 is 11.8 Å². The number of amides is 1. The Hall–Kier alpha value is -2.84. The van der Waals surface area contributed by atoms with Crippen LogP contribution in [0.2, 0.25) is 0 Å². The summed E-state index contributed by atoms with van der Waals surface area (Å²) in [5, 5.41) is 2.77. The number of hydrogen-bond acceptors (Lipinski definition) is 7. The predicted molar refractivity (Wildman–Crippen MR) is 128 cm³/mol. The number of rotatable bonds is 7. The number of esters is 2. The van der Waals surface area contributed by atoms with E-state index in [1.54, 1.807) is 27.7 Å². The minimum atomic E-state index is -0.767. The summed E-state index contributed by atoms with van der Waals surface area (Å²) in [6.45, 7) is 7.00. The van der Waals surface area contributed by atoms with E-state index in [1.165, 1.54) is 16.7 Å². The van der Waals surface area contributed by atoms with Crippen LogP contribution in [0.4, 0.5) is 5.69 Å². The van der Waals surface area contributed by atoms with Crippen molar-refractivity contribution >= 4 is 35.3 Å². The van der Waals surface area contributed by atoms with E-state index < -0.39 is 23.6 Å². The number of fused-ring (bicyclic) bond motifs is 1. The van der Waals surface area contributed by atoms with Crippen molar-refractivity contribution in [3.8, 4) is 0 Å². The molecular weight excluding hydrogens is 440 g/mol. The second-order valence-corrected chi connectivity index (χ2v) is 9.77. The summed E-state index contributed by atoms with van der Waals surface area (Å²) in [7, 11) is 0. The van der Waals surface area contributed by atoms with Gasteiger partial charge in [0.05, 0.1) is 24.1 Å². The number of nitrogens with one attached hydrogen (secondary N) is 1. The van der Waals surface area contributed by atoms with E-state index in [1.807, 2.05) is 54.6 Å². The Morgan fingerprint density at radius 1 is 1.03 bits per heavy atom. The highest BCUT2D eigenvalue weighted by atomic mass is 32.2. The number of para-hydroxylation sites is 1. The minimum Gasteiger partial charge on any atom is -0.465 e. The lowest BCUT2D eigenvalue weighted by atomic mass is 10.0. The maximum atomic E-state index is 13.9. The molecule has 7 nitrogen and oxygen atoms in total. The summed E-state index contributed by atoms with van der Waals surface area (Å²) in [6.07, 6.45) is 0. The monoisotopic (exact) mass is 470 g/mol. The molecular formula is C25H30N2O5S. The molecule has 1 amide bonds. The van der Waals surface area contributed by atoms with Crippen molar-refractivity contribution in [2.24, 2.45) is 0 Å². The topological polar surface area (TPSA) is 84.9 Å². The van der Waals surface area contributed by atoms with Gasteiger partial charge in [-0.25, -0.2) is 0 Å². The maximum Gasteiger partial charge on any atom is 0.326 e. The van der Waals surface area contributed by atoms with Crippen LogP contribution in [0, 0.1) is 0 Å². The van der Waals surface area contributed by atoms with Gasteiger partial charge in [0.2, 0.25) is 5.91 Å². The van der Waals surface area contributed by atoms with Gasteiger partial charge in [-0.15, -0.1) is 11.8 Å². The molecule has 1 aliphatic rings. The largest absolute Gasteiger partial charge is 0.465 e. The van der Waals surface area contributed by atoms with Crippen molar-refractivity contribution < 1.29 is 23.9 Å². The Morgan fingerprint density at radius 3 is 2.36 bits per heavy atom. The second-order valence-electron chi connectivity index (χ2n) is 8.59. The van der Waals surface area contributed by atoms with Crippen molar-refractivity contribution in [3.05, 3.63) is 60.2 Å². The van der Waals surface area contributed by atoms with Gasteiger partial charge in [-0.1, -0.05) is 42.5 Å². The van der Waals surface area contributed by atoms with E-state index in [0.717, 1.165) is 10.5 Å². The average molecular weight is 471 g/mol. The van der Waals surface area contributed by atoms with Gasteiger partial charge in [0.25, 0.3) is 0 Å². The fraction of sp³-hybridized carbons (Fsp3) is 0.400. The van der Waals surface area contributed by atoms with Crippen molar-refractivity contribution in [1.29, 1.82) is 0 Å². The van der Waals surface area contributed by atoms with E-state index in [-0.39, 0.29) is 30.9 Å². The van der Waals surface area contributed by atoms with Crippen molar-refractivity contribution in [2.45, 2.75) is 49.5 Å². The van der Waals surface area contributed by atoms with Gasteiger partial charge in [0, 0.05) is 4.90 Å². The standard InChI is InChI=1S/C25H30N2O5S/c1-5-31-20(28)15-26-22-23(17-11-7-6-8-12-17)33-19-14-10-9-13-18(19)27(24(22)30)16-21(29)32-25(2,3)4/h6-14,22-23,26H,5,15-16H2,1-4H3. The van der Waals surface area contributed by atoms with Gasteiger partial charge in [0.1, 0.15) is 18.2 Å². The highest BCUT2D eigenvalue weighted by Gasteiger charge is 2.39. The molecule has 0 spiro atoms. The molecule has 2 aromatic rings. The molecule has 3 rings (SSSR count). The van der Waals surface area contributed by atoms with Crippen molar-refractivity contribution in [3.63, 3.8) is 0 Å². The average Bonchev–Trinajstić information content (AvgIpc) is 2.87. The summed E-state index contributed by atoms with van der Waals surface area (Å²) < 4.78 is 10.5. The van der Waals surface area contributed by atoms with Gasteiger partial charge in [-0.2, -0.15) is 0 Å². The molecule has 1 aliphatic heterocycles. The van der Waals surface area contributed by atoms with Gasteiger partial charge in [0.15, 0.2) is 0 Å². The number of nitrogens with zero attached hydrogens (tertiary/aromatic N) is 1. The normalized spacial score (nSPS) is 18.3. The van der Waals surface area contributed by atoms with Crippen LogP contribution in [0.15, 0.2) is 59.5 Å². The molecule has 2 unspecified atom stereocenters. The first-order chi connectivity index (χ1) is 15.7. The van der Waals surface area contributed by atoms with E-state index in [2.05, 4.69) is 5.32 Å². The van der Waals surface area contributed by atoms with Gasteiger partial charge in [-0.3, -0.25) is 24.6 Å². The smallest absolute Gasteiger partial charge is 0.326 e. The van der Waals surface area contributed by atoms with Gasteiger partial charge < -0.3 is 9.47 Å². The summed E-state index contributed by atoms with van der Waals surface area (Å²) in [5.41, 5.74) is 0.903. The maximum absolute atomic E-state index is 13.9. The zero-order valence-corrected chi connectivity index (χ0v) is 20.2. The summed E-state index contributed by atoms with van der Waals surface area (Å²) in [5.74, 6) is -1.25. The summed E-state index contributed by atoms with van der Waals surface area (Å²) in [4.78, 5) is 40.9. The molecule has 0 aliphatic carbocycles. The Morgan fingerprint density at radius 2 is 1.70 bits per heavy atom. The van der Waals surface area contributed by atoms with Crippen LogP contribution in [0.1, 0.15) is 38.5 Å². The SMILES string of the molecule is CCOC(=O)CNC1C(=O)N(CC(=O)OC(C)(C)C)c2ccccc2SC1c1ccccc1. The lowest BCUT2D eigenvalue weighted by Crippen LogP contribution is -2.51. The van der Waals surface area contributed by atoms with Crippen molar-refractivity contribution in [1.82, 2.24) is 5.32 Å². The predicted octanol–water partition coefficient (Wildman–Crippen LogP) is 3.73. The first-order valence-electron chi connectivity index (χ1n) is 10.9. The molecule has 33 heavy (non-hydrogen) atoms. The van der Waals surface area contributed by atoms with Crippen LogP contribution in [0.5, 0.6) is 0 Å². The number of thioether (sulfide) groups is 1. The first-order valence-corrected chi connectivity index (χ1v) is 11.8. The zero-order valence-electron chi connectivity index (χ0n) is 19.4. The van der Waals surface area contributed by atoms with E-state index >= 15 is 0 Å². The second kappa shape index (κ2) is 10.9. The minimum absolute atomic E-state index is 0.120. The molecule has 0 aromatic heterocycles. The molecule has 176 valence electrons. The fourth-order valence-electron chi connectivity index (χ4n) is 3.57. The van der Waals surface area contributed by atoms with Crippen LogP contribution in [-0.4, -0.2) is 49.2 Å². The van der Waals surface area contributed by atoms with Crippen LogP contribution in [0.3, 0.4) is 0 Å². The highest BCUT2D eigenvalue weighted by molar-refractivity contribution is 7.99. The lowest BCUT2D eigenvalue weighted by Gasteiger charge is -2.29. The number of carbonyl (C=O) groups excluding carboxylic acids is 3. The van der Waals surface area contributed by atoms with E-state index in [4.69, 9.17) is 9.47 Å². The number of benzene rings is 2. The molecule has 0 saturated heterocycles. The Balaban J connectivity index is 1.99. The molecule has 0 bridgehead atoms. The highest BCUT2D eigenvalue weighted by Crippen LogP contribution is 2.45. The fourth-order valence-corrected chi connectivity index (χ4v) is 4.94. The summed E-state index contributed by atoms with van der Waals surface area (Å²) in [6, 6.07) is 16.4. The van der Waals surface area contributed by atoms with Crippen LogP contribution in [0.25, 0.3) is 0 Å². The lowest BCUT2D eigenvalue weighted by molar-refractivity contribution is -0.153. The molecule has 0 saturated carbocycles. The van der Waals surface area contributed by atoms with Gasteiger partial charge in [-0.05, 0) is 45.4 Å².